The quantitative estimate of drug-likeness (QED) is 0.319. The molecule has 4 rings (SSSR count). The van der Waals surface area contributed by atoms with Crippen molar-refractivity contribution in [2.24, 2.45) is 0 Å². The van der Waals surface area contributed by atoms with Crippen LogP contribution in [0.4, 0.5) is 11.4 Å². The number of anilines is 1. The van der Waals surface area contributed by atoms with Gasteiger partial charge >= 0.3 is 0 Å². The Morgan fingerprint density at radius 1 is 1.07 bits per heavy atom. The van der Waals surface area contributed by atoms with Crippen LogP contribution < -0.4 is 5.32 Å². The molecule has 0 aliphatic heterocycles. The average Bonchev–Trinajstić information content (AvgIpc) is 3.24. The molecule has 4 aromatic rings. The number of nitrogens with one attached hydrogen (secondary N) is 2. The molecule has 2 heterocycles. The summed E-state index contributed by atoms with van der Waals surface area (Å²) in [7, 11) is 0. The number of H-pyrrole nitrogens is 1. The van der Waals surface area contributed by atoms with E-state index in [4.69, 9.17) is 4.42 Å². The third-order valence-electron chi connectivity index (χ3n) is 4.19. The van der Waals surface area contributed by atoms with Crippen LogP contribution in [0.3, 0.4) is 0 Å². The van der Waals surface area contributed by atoms with Gasteiger partial charge in [-0.25, -0.2) is 0 Å². The monoisotopic (exact) mass is 363 g/mol. The zero-order valence-corrected chi connectivity index (χ0v) is 14.1. The Morgan fingerprint density at radius 3 is 2.63 bits per heavy atom. The first-order chi connectivity index (χ1) is 12.9. The lowest BCUT2D eigenvalue weighted by atomic mass is 10.2. The van der Waals surface area contributed by atoms with Crippen LogP contribution in [0.25, 0.3) is 21.9 Å². The summed E-state index contributed by atoms with van der Waals surface area (Å²) in [6.45, 7) is 1.47. The molecule has 8 nitrogen and oxygen atoms in total. The third kappa shape index (κ3) is 3.04. The van der Waals surface area contributed by atoms with Crippen LogP contribution >= 0.6 is 0 Å². The molecule has 0 atom stereocenters. The third-order valence-corrected chi connectivity index (χ3v) is 4.19. The molecule has 0 spiro atoms. The van der Waals surface area contributed by atoms with Gasteiger partial charge in [-0.1, -0.05) is 0 Å². The molecule has 0 saturated carbocycles. The van der Waals surface area contributed by atoms with Crippen molar-refractivity contribution in [3.05, 3.63) is 70.1 Å². The number of furan rings is 1. The number of ketones is 1. The molecule has 2 aromatic heterocycles. The minimum absolute atomic E-state index is 0.0455. The first-order valence-corrected chi connectivity index (χ1v) is 8.04. The maximum atomic E-state index is 12.5. The molecular weight excluding hydrogens is 350 g/mol. The molecule has 0 radical (unpaired) electrons. The van der Waals surface area contributed by atoms with Crippen LogP contribution in [0.1, 0.15) is 28.0 Å². The molecule has 8 heteroatoms. The van der Waals surface area contributed by atoms with Gasteiger partial charge < -0.3 is 14.7 Å². The van der Waals surface area contributed by atoms with Crippen LogP contribution in [0.5, 0.6) is 0 Å². The van der Waals surface area contributed by atoms with E-state index in [1.165, 1.54) is 31.2 Å². The maximum absolute atomic E-state index is 12.5. The number of nitro benzene ring substituents is 1. The van der Waals surface area contributed by atoms with Gasteiger partial charge in [-0.2, -0.15) is 0 Å². The van der Waals surface area contributed by atoms with Gasteiger partial charge in [-0.15, -0.1) is 0 Å². The molecule has 2 aromatic carbocycles. The number of nitrogens with zero attached hydrogens (tertiary/aromatic N) is 1. The first-order valence-electron chi connectivity index (χ1n) is 8.04. The number of Topliss-reactive ketones (excluding diaryl/α,β-unsaturated/α-hetero) is 1. The van der Waals surface area contributed by atoms with Crippen molar-refractivity contribution in [2.75, 3.05) is 5.32 Å². The molecule has 0 aliphatic carbocycles. The summed E-state index contributed by atoms with van der Waals surface area (Å²) in [6.07, 6.45) is 0. The fourth-order valence-electron chi connectivity index (χ4n) is 2.85. The van der Waals surface area contributed by atoms with Gasteiger partial charge in [0.2, 0.25) is 0 Å². The summed E-state index contributed by atoms with van der Waals surface area (Å²) >= 11 is 0. The Bertz CT molecular complexity index is 1230. The lowest BCUT2D eigenvalue weighted by Gasteiger charge is -2.03. The molecule has 0 bridgehead atoms. The van der Waals surface area contributed by atoms with Crippen LogP contribution in [0.2, 0.25) is 0 Å². The molecule has 2 N–H and O–H groups in total. The molecule has 0 fully saturated rings. The number of fused-ring (bicyclic) bond motifs is 2. The Morgan fingerprint density at radius 2 is 1.89 bits per heavy atom. The summed E-state index contributed by atoms with van der Waals surface area (Å²) in [4.78, 5) is 37.3. The van der Waals surface area contributed by atoms with Gasteiger partial charge in [0, 0.05) is 41.0 Å². The Balaban J connectivity index is 1.61. The SMILES string of the molecule is CC(=O)c1cc2cc(NC(=O)c3cc4cc([N+](=O)[O-])ccc4o3)ccc2[nH]1. The second kappa shape index (κ2) is 6.10. The molecule has 134 valence electrons. The van der Waals surface area contributed by atoms with Crippen LogP contribution in [-0.4, -0.2) is 21.6 Å². The standard InChI is InChI=1S/C19H13N3O5/c1-10(23)16-8-11-6-13(2-4-15(11)21-16)20-19(24)18-9-12-7-14(22(25)26)3-5-17(12)27-18/h2-9,21H,1H3,(H,20,24). The van der Waals surface area contributed by atoms with Crippen LogP contribution in [0.15, 0.2) is 52.9 Å². The Labute approximate surface area is 151 Å². The smallest absolute Gasteiger partial charge is 0.291 e. The average molecular weight is 363 g/mol. The van der Waals surface area contributed by atoms with Gasteiger partial charge in [-0.05, 0) is 36.4 Å². The highest BCUT2D eigenvalue weighted by Gasteiger charge is 2.15. The number of nitro groups is 1. The summed E-state index contributed by atoms with van der Waals surface area (Å²) in [5.41, 5.74) is 2.13. The van der Waals surface area contributed by atoms with E-state index in [-0.39, 0.29) is 17.2 Å². The largest absolute Gasteiger partial charge is 0.451 e. The second-order valence-corrected chi connectivity index (χ2v) is 6.09. The van der Waals surface area contributed by atoms with Gasteiger partial charge in [0.05, 0.1) is 10.6 Å². The van der Waals surface area contributed by atoms with E-state index >= 15 is 0 Å². The number of hydrogen-bond donors (Lipinski definition) is 2. The van der Waals surface area contributed by atoms with E-state index in [1.807, 2.05) is 0 Å². The maximum Gasteiger partial charge on any atom is 0.291 e. The molecule has 27 heavy (non-hydrogen) atoms. The van der Waals surface area contributed by atoms with Crippen molar-refractivity contribution >= 4 is 44.9 Å². The predicted octanol–water partition coefficient (Wildman–Crippen LogP) is 4.28. The van der Waals surface area contributed by atoms with Gasteiger partial charge in [0.25, 0.3) is 11.6 Å². The molecular formula is C19H13N3O5. The van der Waals surface area contributed by atoms with E-state index in [1.54, 1.807) is 24.3 Å². The van der Waals surface area contributed by atoms with Crippen molar-refractivity contribution < 1.29 is 18.9 Å². The van der Waals surface area contributed by atoms with Crippen molar-refractivity contribution in [3.8, 4) is 0 Å². The van der Waals surface area contributed by atoms with Crippen molar-refractivity contribution in [3.63, 3.8) is 0 Å². The number of carbonyl (C=O) groups excluding carboxylic acids is 2. The number of amides is 1. The van der Waals surface area contributed by atoms with E-state index < -0.39 is 10.8 Å². The molecule has 0 unspecified atom stereocenters. The number of non-ortho nitro benzene ring substituents is 1. The summed E-state index contributed by atoms with van der Waals surface area (Å²) in [6, 6.07) is 12.5. The number of benzene rings is 2. The van der Waals surface area contributed by atoms with E-state index in [9.17, 15) is 19.7 Å². The highest BCUT2D eigenvalue weighted by atomic mass is 16.6. The minimum Gasteiger partial charge on any atom is -0.451 e. The Kier molecular flexibility index (Phi) is 3.73. The predicted molar refractivity (Wildman–Crippen MR) is 99.1 cm³/mol. The number of carbonyl (C=O) groups is 2. The van der Waals surface area contributed by atoms with Gasteiger partial charge in [-0.3, -0.25) is 19.7 Å². The molecule has 0 saturated heterocycles. The number of hydrogen-bond acceptors (Lipinski definition) is 5. The number of aromatic nitrogens is 1. The summed E-state index contributed by atoms with van der Waals surface area (Å²) in [5.74, 6) is -0.507. The van der Waals surface area contributed by atoms with Crippen LogP contribution in [0, 0.1) is 10.1 Å². The van der Waals surface area contributed by atoms with E-state index in [0.717, 1.165) is 10.9 Å². The highest BCUT2D eigenvalue weighted by Crippen LogP contribution is 2.25. The van der Waals surface area contributed by atoms with Gasteiger partial charge in [0.15, 0.2) is 11.5 Å². The zero-order valence-electron chi connectivity index (χ0n) is 14.1. The number of aromatic amines is 1. The summed E-state index contributed by atoms with van der Waals surface area (Å²) in [5, 5.41) is 14.8. The summed E-state index contributed by atoms with van der Waals surface area (Å²) < 4.78 is 5.47. The topological polar surface area (TPSA) is 118 Å². The lowest BCUT2D eigenvalue weighted by Crippen LogP contribution is -2.10. The second-order valence-electron chi connectivity index (χ2n) is 6.09. The highest BCUT2D eigenvalue weighted by molar-refractivity contribution is 6.06. The lowest BCUT2D eigenvalue weighted by molar-refractivity contribution is -0.384. The first kappa shape index (κ1) is 16.5. The molecule has 0 aliphatic rings. The minimum atomic E-state index is -0.506. The van der Waals surface area contributed by atoms with Gasteiger partial charge in [0.1, 0.15) is 5.58 Å². The fourth-order valence-corrected chi connectivity index (χ4v) is 2.85. The van der Waals surface area contributed by atoms with Crippen molar-refractivity contribution in [1.29, 1.82) is 0 Å². The van der Waals surface area contributed by atoms with E-state index in [0.29, 0.717) is 22.4 Å². The van der Waals surface area contributed by atoms with E-state index in [2.05, 4.69) is 10.3 Å². The van der Waals surface area contributed by atoms with Crippen molar-refractivity contribution in [1.82, 2.24) is 4.98 Å². The normalized spacial score (nSPS) is 11.0. The zero-order chi connectivity index (χ0) is 19.1. The van der Waals surface area contributed by atoms with Crippen molar-refractivity contribution in [2.45, 2.75) is 6.92 Å². The Hall–Kier alpha value is -3.94. The fraction of sp³-hybridized carbons (Fsp3) is 0.0526. The number of rotatable bonds is 4. The molecule has 1 amide bonds. The van der Waals surface area contributed by atoms with Crippen LogP contribution in [-0.2, 0) is 0 Å².